The third-order valence-corrected chi connectivity index (χ3v) is 3.72. The summed E-state index contributed by atoms with van der Waals surface area (Å²) in [6.45, 7) is 1.73. The van der Waals surface area contributed by atoms with E-state index in [0.29, 0.717) is 22.0 Å². The molecule has 0 radical (unpaired) electrons. The van der Waals surface area contributed by atoms with Gasteiger partial charge in [-0.15, -0.1) is 0 Å². The van der Waals surface area contributed by atoms with E-state index in [1.165, 1.54) is 19.4 Å². The lowest BCUT2D eigenvalue weighted by molar-refractivity contribution is 0.0600. The van der Waals surface area contributed by atoms with Gasteiger partial charge in [0.25, 0.3) is 0 Å². The minimum absolute atomic E-state index is 0.271. The molecule has 0 fully saturated rings. The molecule has 0 atom stereocenters. The van der Waals surface area contributed by atoms with Crippen molar-refractivity contribution in [3.63, 3.8) is 0 Å². The van der Waals surface area contributed by atoms with Gasteiger partial charge in [0, 0.05) is 23.7 Å². The van der Waals surface area contributed by atoms with Crippen molar-refractivity contribution in [2.45, 2.75) is 6.92 Å². The summed E-state index contributed by atoms with van der Waals surface area (Å²) in [5.74, 6) is -2.08. The molecular formula is C18H14F2N2O3. The van der Waals surface area contributed by atoms with Crippen molar-refractivity contribution >= 4 is 22.6 Å². The summed E-state index contributed by atoms with van der Waals surface area (Å²) in [7, 11) is 1.29. The Morgan fingerprint density at radius 2 is 1.88 bits per heavy atom. The van der Waals surface area contributed by atoms with E-state index in [9.17, 15) is 13.6 Å². The molecule has 0 aliphatic rings. The fourth-order valence-corrected chi connectivity index (χ4v) is 2.44. The summed E-state index contributed by atoms with van der Waals surface area (Å²) < 4.78 is 37.8. The van der Waals surface area contributed by atoms with Gasteiger partial charge in [0.05, 0.1) is 23.9 Å². The number of aryl methyl sites for hydroxylation is 1. The predicted octanol–water partition coefficient (Wildman–Crippen LogP) is 3.98. The molecule has 0 bridgehead atoms. The molecule has 0 spiro atoms. The van der Waals surface area contributed by atoms with Crippen molar-refractivity contribution < 1.29 is 23.0 Å². The Morgan fingerprint density at radius 3 is 2.60 bits per heavy atom. The smallest absolute Gasteiger partial charge is 0.338 e. The van der Waals surface area contributed by atoms with Crippen LogP contribution in [0.3, 0.4) is 0 Å². The number of rotatable bonds is 3. The van der Waals surface area contributed by atoms with Crippen LogP contribution in [0.1, 0.15) is 15.9 Å². The average molecular weight is 344 g/mol. The van der Waals surface area contributed by atoms with E-state index < -0.39 is 17.6 Å². The quantitative estimate of drug-likeness (QED) is 0.574. The van der Waals surface area contributed by atoms with E-state index >= 15 is 0 Å². The number of carbonyl (C=O) groups excluding carboxylic acids is 1. The highest BCUT2D eigenvalue weighted by molar-refractivity contribution is 5.97. The summed E-state index contributed by atoms with van der Waals surface area (Å²) in [6, 6.07) is 6.49. The number of fused-ring (bicyclic) bond motifs is 1. The highest BCUT2D eigenvalue weighted by Gasteiger charge is 2.15. The number of nitrogens with zero attached hydrogens (tertiary/aromatic N) is 1. The van der Waals surface area contributed by atoms with Crippen molar-refractivity contribution in [2.24, 2.45) is 0 Å². The molecule has 1 aromatic heterocycles. The van der Waals surface area contributed by atoms with Crippen molar-refractivity contribution in [3.8, 4) is 11.5 Å². The van der Waals surface area contributed by atoms with Crippen LogP contribution in [0.2, 0.25) is 0 Å². The molecular weight excluding hydrogens is 330 g/mol. The van der Waals surface area contributed by atoms with E-state index in [1.807, 2.05) is 0 Å². The first-order valence-electron chi connectivity index (χ1n) is 7.30. The maximum atomic E-state index is 14.0. The number of benzene rings is 2. The van der Waals surface area contributed by atoms with Crippen LogP contribution in [0.5, 0.6) is 11.5 Å². The second kappa shape index (κ2) is 6.35. The molecule has 7 heteroatoms. The number of esters is 1. The maximum absolute atomic E-state index is 14.0. The number of nitrogens with two attached hydrogens (primary N) is 1. The predicted molar refractivity (Wildman–Crippen MR) is 88.7 cm³/mol. The Hall–Kier alpha value is -3.22. The third-order valence-electron chi connectivity index (χ3n) is 3.72. The Balaban J connectivity index is 2.10. The Labute approximate surface area is 142 Å². The first-order chi connectivity index (χ1) is 11.9. The lowest BCUT2D eigenvalue weighted by atomic mass is 10.0. The van der Waals surface area contributed by atoms with Gasteiger partial charge in [0.1, 0.15) is 11.6 Å². The maximum Gasteiger partial charge on any atom is 0.338 e. The van der Waals surface area contributed by atoms with Crippen molar-refractivity contribution in [3.05, 3.63) is 59.3 Å². The van der Waals surface area contributed by atoms with Crippen LogP contribution in [-0.2, 0) is 4.74 Å². The number of nitrogen functional groups attached to an aromatic ring is 1. The van der Waals surface area contributed by atoms with Gasteiger partial charge in [0.2, 0.25) is 0 Å². The number of halogens is 2. The number of carbonyl (C=O) groups is 1. The van der Waals surface area contributed by atoms with Crippen molar-refractivity contribution in [1.82, 2.24) is 4.98 Å². The standard InChI is InChI=1S/C18H14F2N2O3/c1-9-5-11-15(6-10(9)18(23)24-2)22-4-3-16(11)25-17-8-12(19)14(21)7-13(17)20/h3-8H,21H2,1-2H3. The summed E-state index contributed by atoms with van der Waals surface area (Å²) >= 11 is 0. The first kappa shape index (κ1) is 16.6. The lowest BCUT2D eigenvalue weighted by Crippen LogP contribution is -2.04. The number of anilines is 1. The number of hydrogen-bond acceptors (Lipinski definition) is 5. The van der Waals surface area contributed by atoms with Gasteiger partial charge in [-0.25, -0.2) is 13.6 Å². The molecule has 0 amide bonds. The molecule has 3 rings (SSSR count). The number of ether oxygens (including phenoxy) is 2. The Kier molecular flexibility index (Phi) is 4.22. The van der Waals surface area contributed by atoms with E-state index in [-0.39, 0.29) is 17.2 Å². The lowest BCUT2D eigenvalue weighted by Gasteiger charge is -2.12. The van der Waals surface area contributed by atoms with Gasteiger partial charge in [-0.3, -0.25) is 4.98 Å². The molecule has 0 unspecified atom stereocenters. The second-order valence-corrected chi connectivity index (χ2v) is 5.39. The number of hydrogen-bond donors (Lipinski definition) is 1. The zero-order valence-electron chi connectivity index (χ0n) is 13.5. The topological polar surface area (TPSA) is 74.4 Å². The normalized spacial score (nSPS) is 10.7. The highest BCUT2D eigenvalue weighted by Crippen LogP contribution is 2.33. The molecule has 2 aromatic carbocycles. The van der Waals surface area contributed by atoms with Gasteiger partial charge in [0.15, 0.2) is 11.6 Å². The first-order valence-corrected chi connectivity index (χ1v) is 7.30. The Bertz CT molecular complexity index is 990. The molecule has 128 valence electrons. The minimum atomic E-state index is -0.785. The van der Waals surface area contributed by atoms with Crippen molar-refractivity contribution in [1.29, 1.82) is 0 Å². The van der Waals surface area contributed by atoms with E-state index in [1.54, 1.807) is 19.1 Å². The Morgan fingerprint density at radius 1 is 1.12 bits per heavy atom. The zero-order valence-corrected chi connectivity index (χ0v) is 13.5. The van der Waals surface area contributed by atoms with Crippen LogP contribution in [-0.4, -0.2) is 18.1 Å². The minimum Gasteiger partial charge on any atom is -0.465 e. The molecule has 0 saturated carbocycles. The largest absolute Gasteiger partial charge is 0.465 e. The van der Waals surface area contributed by atoms with Crippen molar-refractivity contribution in [2.75, 3.05) is 12.8 Å². The van der Waals surface area contributed by atoms with Crippen LogP contribution in [0.25, 0.3) is 10.9 Å². The zero-order chi connectivity index (χ0) is 18.1. The molecule has 1 heterocycles. The molecule has 5 nitrogen and oxygen atoms in total. The van der Waals surface area contributed by atoms with Crippen LogP contribution < -0.4 is 10.5 Å². The number of methoxy groups -OCH3 is 1. The molecule has 0 aliphatic heterocycles. The fourth-order valence-electron chi connectivity index (χ4n) is 2.44. The SMILES string of the molecule is COC(=O)c1cc2nccc(Oc3cc(F)c(N)cc3F)c2cc1C. The van der Waals surface area contributed by atoms with E-state index in [0.717, 1.165) is 12.1 Å². The molecule has 0 saturated heterocycles. The van der Waals surface area contributed by atoms with Gasteiger partial charge in [-0.05, 0) is 30.7 Å². The van der Waals surface area contributed by atoms with Gasteiger partial charge >= 0.3 is 5.97 Å². The van der Waals surface area contributed by atoms with Crippen LogP contribution in [0.4, 0.5) is 14.5 Å². The van der Waals surface area contributed by atoms with E-state index in [2.05, 4.69) is 4.98 Å². The summed E-state index contributed by atoms with van der Waals surface area (Å²) in [6.07, 6.45) is 1.44. The monoisotopic (exact) mass is 344 g/mol. The molecule has 3 aromatic rings. The second-order valence-electron chi connectivity index (χ2n) is 5.39. The summed E-state index contributed by atoms with van der Waals surface area (Å²) in [5.41, 5.74) is 6.49. The number of aromatic nitrogens is 1. The highest BCUT2D eigenvalue weighted by atomic mass is 19.1. The fraction of sp³-hybridized carbons (Fsp3) is 0.111. The average Bonchev–Trinajstić information content (AvgIpc) is 2.59. The summed E-state index contributed by atoms with van der Waals surface area (Å²) in [5, 5.41) is 0.546. The van der Waals surface area contributed by atoms with Gasteiger partial charge in [-0.1, -0.05) is 0 Å². The van der Waals surface area contributed by atoms with Crippen LogP contribution >= 0.6 is 0 Å². The van der Waals surface area contributed by atoms with Gasteiger partial charge < -0.3 is 15.2 Å². The third kappa shape index (κ3) is 3.08. The molecule has 25 heavy (non-hydrogen) atoms. The molecule has 0 aliphatic carbocycles. The van der Waals surface area contributed by atoms with Crippen LogP contribution in [0.15, 0.2) is 36.5 Å². The van der Waals surface area contributed by atoms with E-state index in [4.69, 9.17) is 15.2 Å². The molecule has 2 N–H and O–H groups in total. The summed E-state index contributed by atoms with van der Waals surface area (Å²) in [4.78, 5) is 16.0. The number of pyridine rings is 1. The van der Waals surface area contributed by atoms with Crippen LogP contribution in [0, 0.1) is 18.6 Å². The van der Waals surface area contributed by atoms with Gasteiger partial charge in [-0.2, -0.15) is 0 Å².